The van der Waals surface area contributed by atoms with Crippen molar-refractivity contribution in [3.63, 3.8) is 0 Å². The third-order valence-electron chi connectivity index (χ3n) is 1.57. The maximum Gasteiger partial charge on any atom is 0.329 e. The van der Waals surface area contributed by atoms with E-state index in [1.54, 1.807) is 26.7 Å². The number of ether oxygens (including phenoxy) is 1. The molecule has 92 valence electrons. The van der Waals surface area contributed by atoms with Crippen LogP contribution >= 0.6 is 11.6 Å². The first kappa shape index (κ1) is 15.2. The summed E-state index contributed by atoms with van der Waals surface area (Å²) in [6.07, 6.45) is -0.739. The number of hydrogen-bond donors (Lipinski definition) is 1. The van der Waals surface area contributed by atoms with Gasteiger partial charge in [-0.3, -0.25) is 4.79 Å². The average Bonchev–Trinajstić information content (AvgIpc) is 2.09. The Morgan fingerprint density at radius 1 is 1.50 bits per heavy atom. The van der Waals surface area contributed by atoms with Crippen LogP contribution in [0.4, 0.5) is 0 Å². The molecule has 2 unspecified atom stereocenters. The molecule has 5 heteroatoms. The summed E-state index contributed by atoms with van der Waals surface area (Å²) in [5, 5.41) is 7.92. The molecule has 0 rings (SSSR count). The lowest BCUT2D eigenvalue weighted by Gasteiger charge is -2.21. The fourth-order valence-electron chi connectivity index (χ4n) is 1.01. The summed E-state index contributed by atoms with van der Waals surface area (Å²) >= 11 is 5.76. The van der Waals surface area contributed by atoms with E-state index in [2.05, 4.69) is 0 Å². The number of aliphatic hydroxyl groups is 1. The van der Waals surface area contributed by atoms with Crippen molar-refractivity contribution in [2.75, 3.05) is 0 Å². The highest BCUT2D eigenvalue weighted by atomic mass is 35.5. The molecule has 0 spiro atoms. The number of carbonyl (C=O) groups is 1. The summed E-state index contributed by atoms with van der Waals surface area (Å²) in [5.41, 5.74) is -0.658. The van der Waals surface area contributed by atoms with Gasteiger partial charge < -0.3 is 9.84 Å². The molecule has 0 bridgehead atoms. The van der Waals surface area contributed by atoms with Crippen molar-refractivity contribution in [2.45, 2.75) is 51.2 Å². The SMILES string of the molecule is CC(O)CC(=C=O)C(Cl)C(=O)OC(C)(C)C. The van der Waals surface area contributed by atoms with Crippen molar-refractivity contribution in [2.24, 2.45) is 0 Å². The van der Waals surface area contributed by atoms with Gasteiger partial charge in [0.2, 0.25) is 0 Å². The predicted octanol–water partition coefficient (Wildman–Crippen LogP) is 1.46. The van der Waals surface area contributed by atoms with E-state index in [0.717, 1.165) is 0 Å². The van der Waals surface area contributed by atoms with Crippen molar-refractivity contribution in [1.82, 2.24) is 0 Å². The Hall–Kier alpha value is -0.830. The molecule has 0 saturated heterocycles. The molecule has 2 atom stereocenters. The van der Waals surface area contributed by atoms with Gasteiger partial charge in [0.1, 0.15) is 11.5 Å². The van der Waals surface area contributed by atoms with Crippen molar-refractivity contribution in [3.05, 3.63) is 5.57 Å². The van der Waals surface area contributed by atoms with E-state index >= 15 is 0 Å². The Morgan fingerprint density at radius 3 is 2.31 bits per heavy atom. The Balaban J connectivity index is 4.59. The highest BCUT2D eigenvalue weighted by Gasteiger charge is 2.27. The molecular formula is C11H17ClO4. The van der Waals surface area contributed by atoms with Gasteiger partial charge in [0, 0.05) is 12.0 Å². The van der Waals surface area contributed by atoms with Crippen LogP contribution in [0.15, 0.2) is 5.57 Å². The van der Waals surface area contributed by atoms with E-state index in [4.69, 9.17) is 21.4 Å². The van der Waals surface area contributed by atoms with E-state index in [9.17, 15) is 9.59 Å². The monoisotopic (exact) mass is 248 g/mol. The first-order valence-corrected chi connectivity index (χ1v) is 5.40. The molecule has 16 heavy (non-hydrogen) atoms. The predicted molar refractivity (Wildman–Crippen MR) is 61.0 cm³/mol. The molecular weight excluding hydrogens is 232 g/mol. The molecule has 0 aromatic rings. The Labute approximate surface area is 100 Å². The minimum absolute atomic E-state index is 0.00548. The average molecular weight is 249 g/mol. The van der Waals surface area contributed by atoms with E-state index in [0.29, 0.717) is 0 Å². The van der Waals surface area contributed by atoms with Crippen LogP contribution in [-0.4, -0.2) is 34.1 Å². The maximum atomic E-state index is 11.5. The zero-order chi connectivity index (χ0) is 12.9. The molecule has 0 fully saturated rings. The Morgan fingerprint density at radius 2 is 2.00 bits per heavy atom. The van der Waals surface area contributed by atoms with Gasteiger partial charge in [-0.1, -0.05) is 0 Å². The zero-order valence-corrected chi connectivity index (χ0v) is 10.7. The number of rotatable bonds is 4. The lowest BCUT2D eigenvalue weighted by molar-refractivity contribution is -0.153. The number of esters is 1. The van der Waals surface area contributed by atoms with Gasteiger partial charge in [-0.25, -0.2) is 4.79 Å². The quantitative estimate of drug-likeness (QED) is 0.465. The van der Waals surface area contributed by atoms with Crippen LogP contribution in [0, 0.1) is 0 Å². The first-order chi connectivity index (χ1) is 7.17. The molecule has 0 radical (unpaired) electrons. The van der Waals surface area contributed by atoms with Crippen molar-refractivity contribution >= 4 is 23.5 Å². The lowest BCUT2D eigenvalue weighted by atomic mass is 10.1. The Bertz CT molecular complexity index is 298. The molecule has 0 aromatic carbocycles. The normalized spacial score (nSPS) is 14.9. The minimum atomic E-state index is -1.19. The second kappa shape index (κ2) is 6.04. The summed E-state index contributed by atoms with van der Waals surface area (Å²) < 4.78 is 5.01. The third kappa shape index (κ3) is 5.91. The molecule has 0 heterocycles. The third-order valence-corrected chi connectivity index (χ3v) is 2.01. The van der Waals surface area contributed by atoms with E-state index in [-0.39, 0.29) is 12.0 Å². The van der Waals surface area contributed by atoms with Gasteiger partial charge in [-0.2, -0.15) is 0 Å². The Kier molecular flexibility index (Phi) is 5.73. The second-order valence-electron chi connectivity index (χ2n) is 4.58. The number of halogens is 1. The number of aliphatic hydroxyl groups excluding tert-OH is 1. The number of alkyl halides is 1. The number of hydrogen-bond acceptors (Lipinski definition) is 4. The van der Waals surface area contributed by atoms with Gasteiger partial charge in [0.05, 0.1) is 6.10 Å². The van der Waals surface area contributed by atoms with Gasteiger partial charge in [0.15, 0.2) is 5.38 Å². The van der Waals surface area contributed by atoms with Crippen LogP contribution in [0.5, 0.6) is 0 Å². The van der Waals surface area contributed by atoms with Crippen LogP contribution in [0.1, 0.15) is 34.1 Å². The smallest absolute Gasteiger partial charge is 0.329 e. The highest BCUT2D eigenvalue weighted by molar-refractivity contribution is 6.32. The van der Waals surface area contributed by atoms with Gasteiger partial charge in [0.25, 0.3) is 0 Å². The molecule has 1 N–H and O–H groups in total. The molecule has 0 aromatic heterocycles. The number of carbonyl (C=O) groups excluding carboxylic acids is 2. The van der Waals surface area contributed by atoms with E-state index < -0.39 is 23.1 Å². The highest BCUT2D eigenvalue weighted by Crippen LogP contribution is 2.18. The van der Waals surface area contributed by atoms with Crippen molar-refractivity contribution < 1.29 is 19.4 Å². The summed E-state index contributed by atoms with van der Waals surface area (Å²) in [4.78, 5) is 22.1. The van der Waals surface area contributed by atoms with Crippen LogP contribution in [0.3, 0.4) is 0 Å². The molecule has 0 amide bonds. The fraction of sp³-hybridized carbons (Fsp3) is 0.727. The van der Waals surface area contributed by atoms with Crippen LogP contribution in [-0.2, 0) is 14.3 Å². The topological polar surface area (TPSA) is 63.6 Å². The summed E-state index contributed by atoms with van der Waals surface area (Å²) in [6, 6.07) is 0. The van der Waals surface area contributed by atoms with E-state index in [1.807, 2.05) is 0 Å². The van der Waals surface area contributed by atoms with Gasteiger partial charge in [-0.15, -0.1) is 11.6 Å². The first-order valence-electron chi connectivity index (χ1n) is 4.96. The minimum Gasteiger partial charge on any atom is -0.459 e. The standard InChI is InChI=1S/C11H17ClO4/c1-7(14)5-8(6-13)9(12)10(15)16-11(2,3)4/h7,9,14H,5H2,1-4H3. The lowest BCUT2D eigenvalue weighted by Crippen LogP contribution is -2.31. The second-order valence-corrected chi connectivity index (χ2v) is 5.01. The summed E-state index contributed by atoms with van der Waals surface area (Å²) in [6.45, 7) is 6.60. The fourth-order valence-corrected chi connectivity index (χ4v) is 1.19. The summed E-state index contributed by atoms with van der Waals surface area (Å²) in [5.74, 6) is 0.873. The molecule has 0 aliphatic heterocycles. The zero-order valence-electron chi connectivity index (χ0n) is 9.91. The van der Waals surface area contributed by atoms with Crippen molar-refractivity contribution in [3.8, 4) is 0 Å². The maximum absolute atomic E-state index is 11.5. The van der Waals surface area contributed by atoms with Gasteiger partial charge in [-0.05, 0) is 27.7 Å². The van der Waals surface area contributed by atoms with Crippen molar-refractivity contribution in [1.29, 1.82) is 0 Å². The largest absolute Gasteiger partial charge is 0.459 e. The molecule has 0 aliphatic carbocycles. The molecule has 0 aliphatic rings. The van der Waals surface area contributed by atoms with Crippen LogP contribution in [0.25, 0.3) is 0 Å². The van der Waals surface area contributed by atoms with Crippen LogP contribution < -0.4 is 0 Å². The molecule has 0 saturated carbocycles. The summed E-state index contributed by atoms with van der Waals surface area (Å²) in [7, 11) is 0. The molecule has 4 nitrogen and oxygen atoms in total. The van der Waals surface area contributed by atoms with Gasteiger partial charge >= 0.3 is 5.97 Å². The van der Waals surface area contributed by atoms with E-state index in [1.165, 1.54) is 6.92 Å². The van der Waals surface area contributed by atoms with Crippen LogP contribution in [0.2, 0.25) is 0 Å².